The third-order valence-corrected chi connectivity index (χ3v) is 2.18. The van der Waals surface area contributed by atoms with Gasteiger partial charge >= 0.3 is 6.09 Å². The maximum Gasteiger partial charge on any atom is 0.412 e. The molecule has 0 saturated heterocycles. The first kappa shape index (κ1) is 14.9. The summed E-state index contributed by atoms with van der Waals surface area (Å²) in [6, 6.07) is 1.81. The number of nitro benzene ring substituents is 1. The number of amides is 1. The summed E-state index contributed by atoms with van der Waals surface area (Å²) >= 11 is 0. The maximum absolute atomic E-state index is 13.3. The van der Waals surface area contributed by atoms with E-state index in [2.05, 4.69) is 5.32 Å². The SMILES string of the molecule is Cc1c(NC(=O)OC(C)(C)C)cc(F)cc1[N+](=O)[O-]. The lowest BCUT2D eigenvalue weighted by Gasteiger charge is -2.20. The van der Waals surface area contributed by atoms with Crippen LogP contribution in [-0.4, -0.2) is 16.6 Å². The smallest absolute Gasteiger partial charge is 0.412 e. The Balaban J connectivity index is 3.02. The van der Waals surface area contributed by atoms with Crippen LogP contribution in [0.1, 0.15) is 26.3 Å². The third-order valence-electron chi connectivity index (χ3n) is 2.18. The molecule has 1 rings (SSSR count). The van der Waals surface area contributed by atoms with E-state index in [1.54, 1.807) is 20.8 Å². The number of rotatable bonds is 2. The number of nitro groups is 1. The molecule has 0 atom stereocenters. The van der Waals surface area contributed by atoms with Crippen LogP contribution >= 0.6 is 0 Å². The quantitative estimate of drug-likeness (QED) is 0.659. The first-order valence-electron chi connectivity index (χ1n) is 5.54. The minimum absolute atomic E-state index is 0.0148. The topological polar surface area (TPSA) is 81.5 Å². The molecule has 0 aliphatic rings. The van der Waals surface area contributed by atoms with Crippen molar-refractivity contribution in [1.29, 1.82) is 0 Å². The molecule has 0 saturated carbocycles. The van der Waals surface area contributed by atoms with Gasteiger partial charge in [0, 0.05) is 0 Å². The normalized spacial score (nSPS) is 11.0. The summed E-state index contributed by atoms with van der Waals surface area (Å²) in [4.78, 5) is 21.6. The fraction of sp³-hybridized carbons (Fsp3) is 0.417. The van der Waals surface area contributed by atoms with Crippen LogP contribution in [0.15, 0.2) is 12.1 Å². The molecule has 0 aromatic heterocycles. The van der Waals surface area contributed by atoms with Crippen molar-refractivity contribution in [2.45, 2.75) is 33.3 Å². The van der Waals surface area contributed by atoms with Gasteiger partial charge in [0.2, 0.25) is 0 Å². The highest BCUT2D eigenvalue weighted by atomic mass is 19.1. The molecule has 1 aromatic rings. The Morgan fingerprint density at radius 3 is 2.47 bits per heavy atom. The van der Waals surface area contributed by atoms with Crippen LogP contribution in [-0.2, 0) is 4.74 Å². The van der Waals surface area contributed by atoms with Gasteiger partial charge in [-0.1, -0.05) is 0 Å². The molecule has 0 fully saturated rings. The highest BCUT2D eigenvalue weighted by Gasteiger charge is 2.20. The summed E-state index contributed by atoms with van der Waals surface area (Å²) in [7, 11) is 0. The Hall–Kier alpha value is -2.18. The van der Waals surface area contributed by atoms with Crippen LogP contribution in [0.3, 0.4) is 0 Å². The summed E-state index contributed by atoms with van der Waals surface area (Å²) in [6.45, 7) is 6.44. The number of benzene rings is 1. The molecular formula is C12H15FN2O4. The summed E-state index contributed by atoms with van der Waals surface area (Å²) in [5.41, 5.74) is -0.929. The fourth-order valence-electron chi connectivity index (χ4n) is 1.40. The van der Waals surface area contributed by atoms with E-state index in [0.29, 0.717) is 0 Å². The van der Waals surface area contributed by atoms with Crippen LogP contribution < -0.4 is 5.32 Å². The zero-order chi connectivity index (χ0) is 14.8. The predicted octanol–water partition coefficient (Wildman–Crippen LogP) is 3.39. The van der Waals surface area contributed by atoms with E-state index in [1.165, 1.54) is 6.92 Å². The van der Waals surface area contributed by atoms with Gasteiger partial charge in [0.1, 0.15) is 11.4 Å². The Bertz CT molecular complexity index is 523. The predicted molar refractivity (Wildman–Crippen MR) is 67.6 cm³/mol. The lowest BCUT2D eigenvalue weighted by Crippen LogP contribution is -2.27. The first-order chi connectivity index (χ1) is 8.60. The third kappa shape index (κ3) is 4.20. The minimum atomic E-state index is -0.802. The largest absolute Gasteiger partial charge is 0.444 e. The van der Waals surface area contributed by atoms with Crippen molar-refractivity contribution in [3.63, 3.8) is 0 Å². The van der Waals surface area contributed by atoms with Crippen molar-refractivity contribution >= 4 is 17.5 Å². The summed E-state index contributed by atoms with van der Waals surface area (Å²) in [6.07, 6.45) is -0.796. The molecule has 104 valence electrons. The highest BCUT2D eigenvalue weighted by molar-refractivity contribution is 5.86. The number of anilines is 1. The van der Waals surface area contributed by atoms with Gasteiger partial charge in [0.05, 0.1) is 22.2 Å². The molecule has 7 heteroatoms. The highest BCUT2D eigenvalue weighted by Crippen LogP contribution is 2.27. The van der Waals surface area contributed by atoms with Crippen LogP contribution in [0.4, 0.5) is 20.6 Å². The molecule has 0 radical (unpaired) electrons. The molecular weight excluding hydrogens is 255 g/mol. The van der Waals surface area contributed by atoms with Gasteiger partial charge in [-0.25, -0.2) is 9.18 Å². The van der Waals surface area contributed by atoms with Gasteiger partial charge in [-0.15, -0.1) is 0 Å². The number of hydrogen-bond acceptors (Lipinski definition) is 4. The van der Waals surface area contributed by atoms with Crippen LogP contribution in [0.25, 0.3) is 0 Å². The fourth-order valence-corrected chi connectivity index (χ4v) is 1.40. The number of carbonyl (C=O) groups is 1. The standard InChI is InChI=1S/C12H15FN2O4/c1-7-9(14-11(16)19-12(2,3)4)5-8(13)6-10(7)15(17)18/h5-6H,1-4H3,(H,14,16). The number of hydrogen-bond donors (Lipinski definition) is 1. The number of halogens is 1. The second kappa shape index (κ2) is 5.21. The zero-order valence-electron chi connectivity index (χ0n) is 11.1. The van der Waals surface area contributed by atoms with Crippen molar-refractivity contribution in [3.05, 3.63) is 33.6 Å². The average molecular weight is 270 g/mol. The van der Waals surface area contributed by atoms with Crippen molar-refractivity contribution in [2.24, 2.45) is 0 Å². The molecule has 0 heterocycles. The van der Waals surface area contributed by atoms with Gasteiger partial charge in [0.25, 0.3) is 5.69 Å². The summed E-state index contributed by atoms with van der Waals surface area (Å²) < 4.78 is 18.3. The Morgan fingerprint density at radius 2 is 2.00 bits per heavy atom. The number of nitrogens with one attached hydrogen (secondary N) is 1. The molecule has 1 N–H and O–H groups in total. The molecule has 1 amide bonds. The van der Waals surface area contributed by atoms with Gasteiger partial charge < -0.3 is 4.74 Å². The molecule has 0 aliphatic heterocycles. The zero-order valence-corrected chi connectivity index (χ0v) is 11.1. The van der Waals surface area contributed by atoms with Crippen LogP contribution in [0, 0.1) is 22.9 Å². The molecule has 0 aliphatic carbocycles. The van der Waals surface area contributed by atoms with Crippen molar-refractivity contribution in [1.82, 2.24) is 0 Å². The second-order valence-corrected chi connectivity index (χ2v) is 4.98. The number of nitrogens with zero attached hydrogens (tertiary/aromatic N) is 1. The molecule has 1 aromatic carbocycles. The lowest BCUT2D eigenvalue weighted by atomic mass is 10.1. The van der Waals surface area contributed by atoms with E-state index in [9.17, 15) is 19.3 Å². The molecule has 0 bridgehead atoms. The van der Waals surface area contributed by atoms with Gasteiger partial charge in [0.15, 0.2) is 0 Å². The number of carbonyl (C=O) groups excluding carboxylic acids is 1. The Morgan fingerprint density at radius 1 is 1.42 bits per heavy atom. The van der Waals surface area contributed by atoms with E-state index >= 15 is 0 Å². The van der Waals surface area contributed by atoms with E-state index < -0.39 is 28.1 Å². The number of ether oxygens (including phenoxy) is 1. The van der Waals surface area contributed by atoms with Crippen molar-refractivity contribution in [3.8, 4) is 0 Å². The molecule has 0 unspecified atom stereocenters. The Kier molecular flexibility index (Phi) is 4.08. The van der Waals surface area contributed by atoms with E-state index in [0.717, 1.165) is 12.1 Å². The molecule has 0 spiro atoms. The van der Waals surface area contributed by atoms with Gasteiger partial charge in [-0.05, 0) is 33.8 Å². The van der Waals surface area contributed by atoms with Crippen LogP contribution in [0.2, 0.25) is 0 Å². The van der Waals surface area contributed by atoms with Crippen molar-refractivity contribution < 1.29 is 18.8 Å². The molecule has 19 heavy (non-hydrogen) atoms. The van der Waals surface area contributed by atoms with E-state index in [-0.39, 0.29) is 11.3 Å². The van der Waals surface area contributed by atoms with E-state index in [1.807, 2.05) is 0 Å². The Labute approximate surface area is 109 Å². The van der Waals surface area contributed by atoms with E-state index in [4.69, 9.17) is 4.74 Å². The lowest BCUT2D eigenvalue weighted by molar-refractivity contribution is -0.385. The average Bonchev–Trinajstić information content (AvgIpc) is 2.19. The maximum atomic E-state index is 13.3. The van der Waals surface area contributed by atoms with Gasteiger partial charge in [-0.2, -0.15) is 0 Å². The summed E-state index contributed by atoms with van der Waals surface area (Å²) in [5, 5.41) is 13.0. The van der Waals surface area contributed by atoms with Crippen molar-refractivity contribution in [2.75, 3.05) is 5.32 Å². The monoisotopic (exact) mass is 270 g/mol. The first-order valence-corrected chi connectivity index (χ1v) is 5.54. The van der Waals surface area contributed by atoms with Gasteiger partial charge in [-0.3, -0.25) is 15.4 Å². The summed E-state index contributed by atoms with van der Waals surface area (Å²) in [5.74, 6) is -0.802. The minimum Gasteiger partial charge on any atom is -0.444 e. The van der Waals surface area contributed by atoms with Crippen LogP contribution in [0.5, 0.6) is 0 Å². The molecule has 6 nitrogen and oxygen atoms in total. The second-order valence-electron chi connectivity index (χ2n) is 4.98.